The van der Waals surface area contributed by atoms with E-state index in [0.29, 0.717) is 5.92 Å². The van der Waals surface area contributed by atoms with Gasteiger partial charge in [0.25, 0.3) is 0 Å². The molecule has 2 nitrogen and oxygen atoms in total. The SMILES string of the molecule is Cc1[nH]c2cc(F)ccc2c1CC1CCCNC1. The molecular formula is C15H19FN2. The molecule has 1 aromatic carbocycles. The lowest BCUT2D eigenvalue weighted by molar-refractivity contribution is 0.376. The minimum Gasteiger partial charge on any atom is -0.358 e. The standard InChI is InChI=1S/C15H19FN2/c1-10-14(7-11-3-2-6-17-9-11)13-5-4-12(16)8-15(13)18-10/h4-5,8,11,17-18H,2-3,6-7,9H2,1H3. The molecule has 0 saturated carbocycles. The molecule has 1 aliphatic rings. The van der Waals surface area contributed by atoms with Crippen LogP contribution in [0.4, 0.5) is 4.39 Å². The van der Waals surface area contributed by atoms with E-state index < -0.39 is 0 Å². The topological polar surface area (TPSA) is 27.8 Å². The highest BCUT2D eigenvalue weighted by atomic mass is 19.1. The van der Waals surface area contributed by atoms with Crippen LogP contribution in [0.1, 0.15) is 24.1 Å². The van der Waals surface area contributed by atoms with Crippen LogP contribution in [0.3, 0.4) is 0 Å². The highest BCUT2D eigenvalue weighted by Crippen LogP contribution is 2.27. The predicted octanol–water partition coefficient (Wildman–Crippen LogP) is 3.16. The van der Waals surface area contributed by atoms with E-state index >= 15 is 0 Å². The van der Waals surface area contributed by atoms with E-state index in [2.05, 4.69) is 17.2 Å². The minimum absolute atomic E-state index is 0.172. The van der Waals surface area contributed by atoms with E-state index in [1.807, 2.05) is 6.07 Å². The first-order chi connectivity index (χ1) is 8.74. The number of piperidine rings is 1. The second-order valence-corrected chi connectivity index (χ2v) is 5.33. The number of halogens is 1. The largest absolute Gasteiger partial charge is 0.358 e. The predicted molar refractivity (Wildman–Crippen MR) is 72.3 cm³/mol. The molecular weight excluding hydrogens is 227 g/mol. The number of aromatic amines is 1. The van der Waals surface area contributed by atoms with Gasteiger partial charge in [-0.1, -0.05) is 0 Å². The van der Waals surface area contributed by atoms with E-state index in [0.717, 1.165) is 25.0 Å². The van der Waals surface area contributed by atoms with Crippen LogP contribution >= 0.6 is 0 Å². The number of hydrogen-bond acceptors (Lipinski definition) is 1. The molecule has 18 heavy (non-hydrogen) atoms. The molecule has 2 heterocycles. The van der Waals surface area contributed by atoms with Crippen molar-refractivity contribution in [1.29, 1.82) is 0 Å². The maximum absolute atomic E-state index is 13.2. The lowest BCUT2D eigenvalue weighted by Crippen LogP contribution is -2.30. The van der Waals surface area contributed by atoms with E-state index in [9.17, 15) is 4.39 Å². The third kappa shape index (κ3) is 2.15. The van der Waals surface area contributed by atoms with E-state index in [1.165, 1.54) is 29.5 Å². The normalized spacial score (nSPS) is 20.4. The van der Waals surface area contributed by atoms with E-state index in [4.69, 9.17) is 0 Å². The summed E-state index contributed by atoms with van der Waals surface area (Å²) in [7, 11) is 0. The molecule has 1 atom stereocenters. The molecule has 1 fully saturated rings. The van der Waals surface area contributed by atoms with Crippen LogP contribution in [0.15, 0.2) is 18.2 Å². The van der Waals surface area contributed by atoms with Crippen molar-refractivity contribution >= 4 is 10.9 Å². The molecule has 3 heteroatoms. The van der Waals surface area contributed by atoms with Crippen LogP contribution in [0.5, 0.6) is 0 Å². The second kappa shape index (κ2) is 4.73. The fourth-order valence-electron chi connectivity index (χ4n) is 3.01. The third-order valence-corrected chi connectivity index (χ3v) is 3.97. The van der Waals surface area contributed by atoms with E-state index in [1.54, 1.807) is 12.1 Å². The summed E-state index contributed by atoms with van der Waals surface area (Å²) in [6.45, 7) is 4.34. The van der Waals surface area contributed by atoms with Gasteiger partial charge in [-0.3, -0.25) is 0 Å². The number of rotatable bonds is 2. The fourth-order valence-corrected chi connectivity index (χ4v) is 3.01. The van der Waals surface area contributed by atoms with Crippen molar-refractivity contribution in [3.8, 4) is 0 Å². The quantitative estimate of drug-likeness (QED) is 0.837. The van der Waals surface area contributed by atoms with Crippen LogP contribution in [0, 0.1) is 18.7 Å². The molecule has 96 valence electrons. The van der Waals surface area contributed by atoms with Gasteiger partial charge < -0.3 is 10.3 Å². The van der Waals surface area contributed by atoms with Crippen molar-refractivity contribution < 1.29 is 4.39 Å². The smallest absolute Gasteiger partial charge is 0.125 e. The van der Waals surface area contributed by atoms with Gasteiger partial charge in [0.05, 0.1) is 0 Å². The van der Waals surface area contributed by atoms with Crippen LogP contribution in [0.25, 0.3) is 10.9 Å². The molecule has 3 rings (SSSR count). The van der Waals surface area contributed by atoms with Crippen LogP contribution in [-0.2, 0) is 6.42 Å². The lowest BCUT2D eigenvalue weighted by Gasteiger charge is -2.22. The molecule has 1 unspecified atom stereocenters. The van der Waals surface area contributed by atoms with Crippen molar-refractivity contribution in [3.63, 3.8) is 0 Å². The maximum Gasteiger partial charge on any atom is 0.125 e. The molecule has 1 aliphatic heterocycles. The van der Waals surface area contributed by atoms with Gasteiger partial charge >= 0.3 is 0 Å². The summed E-state index contributed by atoms with van der Waals surface area (Å²) in [6.07, 6.45) is 3.64. The second-order valence-electron chi connectivity index (χ2n) is 5.33. The Kier molecular flexibility index (Phi) is 3.08. The Bertz CT molecular complexity index is 553. The molecule has 0 radical (unpaired) electrons. The van der Waals surface area contributed by atoms with Gasteiger partial charge in [-0.15, -0.1) is 0 Å². The van der Waals surface area contributed by atoms with Crippen molar-refractivity contribution in [3.05, 3.63) is 35.3 Å². The highest BCUT2D eigenvalue weighted by molar-refractivity contribution is 5.84. The Morgan fingerprint density at radius 3 is 3.06 bits per heavy atom. The van der Waals surface area contributed by atoms with Crippen LogP contribution in [-0.4, -0.2) is 18.1 Å². The lowest BCUT2D eigenvalue weighted by atomic mass is 9.91. The average molecular weight is 246 g/mol. The summed E-state index contributed by atoms with van der Waals surface area (Å²) in [5.74, 6) is 0.538. The van der Waals surface area contributed by atoms with Crippen molar-refractivity contribution in [2.45, 2.75) is 26.2 Å². The first-order valence-corrected chi connectivity index (χ1v) is 6.71. The third-order valence-electron chi connectivity index (χ3n) is 3.97. The monoisotopic (exact) mass is 246 g/mol. The van der Waals surface area contributed by atoms with Crippen molar-refractivity contribution in [2.75, 3.05) is 13.1 Å². The van der Waals surface area contributed by atoms with Gasteiger partial charge in [-0.2, -0.15) is 0 Å². The van der Waals surface area contributed by atoms with Gasteiger partial charge in [0, 0.05) is 16.6 Å². The molecule has 2 aromatic rings. The molecule has 0 aliphatic carbocycles. The Hall–Kier alpha value is -1.35. The maximum atomic E-state index is 13.2. The zero-order valence-electron chi connectivity index (χ0n) is 10.7. The minimum atomic E-state index is -0.172. The molecule has 0 spiro atoms. The first kappa shape index (κ1) is 11.7. The van der Waals surface area contributed by atoms with Gasteiger partial charge in [0.1, 0.15) is 5.82 Å². The highest BCUT2D eigenvalue weighted by Gasteiger charge is 2.17. The summed E-state index contributed by atoms with van der Waals surface area (Å²) >= 11 is 0. The summed E-state index contributed by atoms with van der Waals surface area (Å²) < 4.78 is 13.2. The Morgan fingerprint density at radius 2 is 2.28 bits per heavy atom. The molecule has 2 N–H and O–H groups in total. The zero-order chi connectivity index (χ0) is 12.5. The number of aromatic nitrogens is 1. The Morgan fingerprint density at radius 1 is 1.39 bits per heavy atom. The number of aryl methyl sites for hydroxylation is 1. The van der Waals surface area contributed by atoms with Gasteiger partial charge in [-0.05, 0) is 69.0 Å². The summed E-state index contributed by atoms with van der Waals surface area (Å²) in [6, 6.07) is 5.04. The number of H-pyrrole nitrogens is 1. The van der Waals surface area contributed by atoms with Crippen LogP contribution < -0.4 is 5.32 Å². The summed E-state index contributed by atoms with van der Waals surface area (Å²) in [5, 5.41) is 4.63. The molecule has 0 bridgehead atoms. The number of hydrogen-bond donors (Lipinski definition) is 2. The number of nitrogens with one attached hydrogen (secondary N) is 2. The van der Waals surface area contributed by atoms with Gasteiger partial charge in [0.2, 0.25) is 0 Å². The van der Waals surface area contributed by atoms with Crippen molar-refractivity contribution in [1.82, 2.24) is 10.3 Å². The van der Waals surface area contributed by atoms with Crippen molar-refractivity contribution in [2.24, 2.45) is 5.92 Å². The zero-order valence-corrected chi connectivity index (χ0v) is 10.7. The fraction of sp³-hybridized carbons (Fsp3) is 0.467. The molecule has 0 amide bonds. The van der Waals surface area contributed by atoms with Gasteiger partial charge in [0.15, 0.2) is 0 Å². The van der Waals surface area contributed by atoms with Gasteiger partial charge in [-0.25, -0.2) is 4.39 Å². The molecule has 1 saturated heterocycles. The Labute approximate surface area is 107 Å². The summed E-state index contributed by atoms with van der Waals surface area (Å²) in [4.78, 5) is 3.30. The average Bonchev–Trinajstić information content (AvgIpc) is 2.66. The first-order valence-electron chi connectivity index (χ1n) is 6.71. The number of benzene rings is 1. The summed E-state index contributed by atoms with van der Waals surface area (Å²) in [5.41, 5.74) is 3.46. The molecule has 1 aromatic heterocycles. The van der Waals surface area contributed by atoms with E-state index in [-0.39, 0.29) is 5.82 Å². The number of fused-ring (bicyclic) bond motifs is 1. The Balaban J connectivity index is 1.92. The van der Waals surface area contributed by atoms with Crippen LogP contribution in [0.2, 0.25) is 0 Å².